The van der Waals surface area contributed by atoms with Crippen LogP contribution in [0.15, 0.2) is 0 Å². The Bertz CT molecular complexity index is 193. The Morgan fingerprint density at radius 1 is 1.12 bits per heavy atom. The Hall–Kier alpha value is -0.570. The molecule has 3 nitrogen and oxygen atoms in total. The Kier molecular flexibility index (Phi) is 10.2. The van der Waals surface area contributed by atoms with Crippen LogP contribution in [0.4, 0.5) is 0 Å². The maximum atomic E-state index is 11.5. The lowest BCUT2D eigenvalue weighted by Gasteiger charge is -2.10. The molecule has 0 unspecified atom stereocenters. The van der Waals surface area contributed by atoms with E-state index < -0.39 is 0 Å². The number of ether oxygens (including phenoxy) is 1. The molecule has 0 aromatic heterocycles. The van der Waals surface area contributed by atoms with Crippen molar-refractivity contribution in [2.45, 2.75) is 71.8 Å². The lowest BCUT2D eigenvalue weighted by atomic mass is 10.1. The van der Waals surface area contributed by atoms with Gasteiger partial charge in [-0.1, -0.05) is 52.9 Å². The van der Waals surface area contributed by atoms with Crippen LogP contribution in [0.5, 0.6) is 0 Å². The lowest BCUT2D eigenvalue weighted by molar-refractivity contribution is -0.411. The van der Waals surface area contributed by atoms with Gasteiger partial charge in [0.05, 0.1) is 6.61 Å². The van der Waals surface area contributed by atoms with Gasteiger partial charge in [-0.15, -0.1) is 0 Å². The molecule has 0 aromatic carbocycles. The average Bonchev–Trinajstić information content (AvgIpc) is 2.26. The smallest absolute Gasteiger partial charge is 0.364 e. The summed E-state index contributed by atoms with van der Waals surface area (Å²) in [6, 6.07) is -0.199. The van der Waals surface area contributed by atoms with Crippen LogP contribution in [0.1, 0.15) is 65.7 Å². The van der Waals surface area contributed by atoms with Crippen molar-refractivity contribution in [1.82, 2.24) is 0 Å². The molecule has 3 N–H and O–H groups in total. The third kappa shape index (κ3) is 10.3. The van der Waals surface area contributed by atoms with Gasteiger partial charge in [0, 0.05) is 6.42 Å². The van der Waals surface area contributed by atoms with Crippen molar-refractivity contribution in [3.05, 3.63) is 0 Å². The first-order valence-corrected chi connectivity index (χ1v) is 7.07. The summed E-state index contributed by atoms with van der Waals surface area (Å²) in [5.74, 6) is 0.367. The van der Waals surface area contributed by atoms with Gasteiger partial charge in [-0.05, 0) is 12.3 Å². The van der Waals surface area contributed by atoms with Crippen LogP contribution in [-0.2, 0) is 9.53 Å². The van der Waals surface area contributed by atoms with Crippen LogP contribution in [0.25, 0.3) is 0 Å². The molecule has 0 saturated heterocycles. The molecule has 1 atom stereocenters. The van der Waals surface area contributed by atoms with E-state index >= 15 is 0 Å². The molecule has 0 saturated carbocycles. The van der Waals surface area contributed by atoms with E-state index in [4.69, 9.17) is 4.74 Å². The summed E-state index contributed by atoms with van der Waals surface area (Å²) in [4.78, 5) is 11.5. The zero-order valence-corrected chi connectivity index (χ0v) is 11.8. The van der Waals surface area contributed by atoms with Crippen LogP contribution in [0, 0.1) is 5.92 Å². The predicted octanol–water partition coefficient (Wildman–Crippen LogP) is 2.55. The number of hydrogen-bond donors (Lipinski definition) is 1. The van der Waals surface area contributed by atoms with Crippen LogP contribution >= 0.6 is 0 Å². The van der Waals surface area contributed by atoms with Gasteiger partial charge in [0.25, 0.3) is 0 Å². The highest BCUT2D eigenvalue weighted by Crippen LogP contribution is 2.06. The van der Waals surface area contributed by atoms with Crippen molar-refractivity contribution in [2.75, 3.05) is 6.61 Å². The summed E-state index contributed by atoms with van der Waals surface area (Å²) in [6.45, 7) is 6.97. The fourth-order valence-electron chi connectivity index (χ4n) is 1.84. The number of rotatable bonds is 10. The first kappa shape index (κ1) is 16.4. The van der Waals surface area contributed by atoms with Gasteiger partial charge in [-0.2, -0.15) is 0 Å². The van der Waals surface area contributed by atoms with Crippen LogP contribution in [0.2, 0.25) is 0 Å². The monoisotopic (exact) mass is 244 g/mol. The second-order valence-corrected chi connectivity index (χ2v) is 5.26. The molecule has 0 spiro atoms. The SMILES string of the molecule is CCCCCCCCOC(=O)[C@@H]([NH3+])CC(C)C. The van der Waals surface area contributed by atoms with Crippen molar-refractivity contribution in [1.29, 1.82) is 0 Å². The molecule has 0 aromatic rings. The third-order valence-corrected chi connectivity index (χ3v) is 2.83. The van der Waals surface area contributed by atoms with Crippen molar-refractivity contribution in [2.24, 2.45) is 5.92 Å². The number of carbonyl (C=O) groups excluding carboxylic acids is 1. The second-order valence-electron chi connectivity index (χ2n) is 5.26. The minimum Gasteiger partial charge on any atom is -0.461 e. The molecule has 0 radical (unpaired) electrons. The topological polar surface area (TPSA) is 53.9 Å². The van der Waals surface area contributed by atoms with Crippen molar-refractivity contribution >= 4 is 5.97 Å². The largest absolute Gasteiger partial charge is 0.461 e. The highest BCUT2D eigenvalue weighted by molar-refractivity contribution is 5.73. The Labute approximate surface area is 106 Å². The molecule has 0 aliphatic carbocycles. The van der Waals surface area contributed by atoms with Crippen LogP contribution in [-0.4, -0.2) is 18.6 Å². The zero-order valence-electron chi connectivity index (χ0n) is 11.8. The Morgan fingerprint density at radius 3 is 2.29 bits per heavy atom. The third-order valence-electron chi connectivity index (χ3n) is 2.83. The molecular weight excluding hydrogens is 214 g/mol. The zero-order chi connectivity index (χ0) is 13.1. The van der Waals surface area contributed by atoms with E-state index in [9.17, 15) is 4.79 Å². The summed E-state index contributed by atoms with van der Waals surface area (Å²) in [6.07, 6.45) is 8.11. The molecule has 0 aliphatic rings. The first-order chi connectivity index (χ1) is 8.07. The molecule has 17 heavy (non-hydrogen) atoms. The van der Waals surface area contributed by atoms with Gasteiger partial charge in [-0.3, -0.25) is 0 Å². The molecule has 0 bridgehead atoms. The summed E-state index contributed by atoms with van der Waals surface area (Å²) in [5, 5.41) is 0. The first-order valence-electron chi connectivity index (χ1n) is 7.07. The van der Waals surface area contributed by atoms with Crippen molar-refractivity contribution in [3.8, 4) is 0 Å². The van der Waals surface area contributed by atoms with E-state index in [1.54, 1.807) is 0 Å². The van der Waals surface area contributed by atoms with E-state index in [1.807, 2.05) is 0 Å². The summed E-state index contributed by atoms with van der Waals surface area (Å²) in [5.41, 5.74) is 3.84. The normalized spacial score (nSPS) is 12.8. The lowest BCUT2D eigenvalue weighted by Crippen LogP contribution is -2.65. The van der Waals surface area contributed by atoms with E-state index in [-0.39, 0.29) is 12.0 Å². The van der Waals surface area contributed by atoms with Crippen molar-refractivity contribution < 1.29 is 15.3 Å². The molecule has 0 fully saturated rings. The Morgan fingerprint density at radius 2 is 1.71 bits per heavy atom. The van der Waals surface area contributed by atoms with Crippen LogP contribution in [0.3, 0.4) is 0 Å². The van der Waals surface area contributed by atoms with Crippen molar-refractivity contribution in [3.63, 3.8) is 0 Å². The van der Waals surface area contributed by atoms with Crippen LogP contribution < -0.4 is 5.73 Å². The quantitative estimate of drug-likeness (QED) is 0.474. The molecule has 0 amide bonds. The van der Waals surface area contributed by atoms with E-state index in [1.165, 1.54) is 32.1 Å². The summed E-state index contributed by atoms with van der Waals surface area (Å²) in [7, 11) is 0. The maximum absolute atomic E-state index is 11.5. The minimum absolute atomic E-state index is 0.132. The number of unbranched alkanes of at least 4 members (excludes halogenated alkanes) is 5. The Balaban J connectivity index is 3.38. The average molecular weight is 244 g/mol. The van der Waals surface area contributed by atoms with Gasteiger partial charge in [-0.25, -0.2) is 4.79 Å². The highest BCUT2D eigenvalue weighted by Gasteiger charge is 2.19. The second kappa shape index (κ2) is 10.6. The van der Waals surface area contributed by atoms with Gasteiger partial charge in [0.15, 0.2) is 6.04 Å². The summed E-state index contributed by atoms with van der Waals surface area (Å²) >= 11 is 0. The van der Waals surface area contributed by atoms with E-state index in [0.29, 0.717) is 12.5 Å². The van der Waals surface area contributed by atoms with Gasteiger partial charge in [0.2, 0.25) is 0 Å². The number of hydrogen-bond acceptors (Lipinski definition) is 2. The molecule has 0 rings (SSSR count). The molecular formula is C14H30NO2+. The number of carbonyl (C=O) groups is 1. The van der Waals surface area contributed by atoms with E-state index in [2.05, 4.69) is 26.5 Å². The van der Waals surface area contributed by atoms with E-state index in [0.717, 1.165) is 12.8 Å². The summed E-state index contributed by atoms with van der Waals surface area (Å²) < 4.78 is 5.21. The number of quaternary nitrogens is 1. The van der Waals surface area contributed by atoms with Gasteiger partial charge in [0.1, 0.15) is 0 Å². The fourth-order valence-corrected chi connectivity index (χ4v) is 1.84. The van der Waals surface area contributed by atoms with Gasteiger partial charge >= 0.3 is 5.97 Å². The van der Waals surface area contributed by atoms with Gasteiger partial charge < -0.3 is 10.5 Å². The maximum Gasteiger partial charge on any atom is 0.364 e. The molecule has 0 aliphatic heterocycles. The standard InChI is InChI=1S/C14H29NO2/c1-4-5-6-7-8-9-10-17-14(16)13(15)11-12(2)3/h12-13H,4-11,15H2,1-3H3/p+1/t13-/m0/s1. The molecule has 102 valence electrons. The highest BCUT2D eigenvalue weighted by atomic mass is 16.5. The fraction of sp³-hybridized carbons (Fsp3) is 0.929. The molecule has 3 heteroatoms. The molecule has 0 heterocycles. The minimum atomic E-state index is -0.199. The number of esters is 1. The predicted molar refractivity (Wildman–Crippen MR) is 70.5 cm³/mol.